The molecule has 1 saturated carbocycles. The third kappa shape index (κ3) is 3.06. The second-order valence-electron chi connectivity index (χ2n) is 5.13. The quantitative estimate of drug-likeness (QED) is 0.800. The van der Waals surface area contributed by atoms with E-state index in [-0.39, 0.29) is 23.1 Å². The van der Waals surface area contributed by atoms with Crippen molar-refractivity contribution in [3.8, 4) is 5.75 Å². The van der Waals surface area contributed by atoms with E-state index in [2.05, 4.69) is 0 Å². The summed E-state index contributed by atoms with van der Waals surface area (Å²) in [7, 11) is 3.13. The number of rotatable bonds is 3. The first-order valence-electron chi connectivity index (χ1n) is 6.79. The number of methoxy groups -OCH3 is 1. The Bertz CT molecular complexity index is 495. The van der Waals surface area contributed by atoms with Crippen LogP contribution in [0.5, 0.6) is 5.75 Å². The van der Waals surface area contributed by atoms with Gasteiger partial charge in [-0.15, -0.1) is 11.6 Å². The van der Waals surface area contributed by atoms with E-state index in [1.807, 2.05) is 0 Å². The van der Waals surface area contributed by atoms with Crippen molar-refractivity contribution in [2.24, 2.45) is 0 Å². The fourth-order valence-electron chi connectivity index (χ4n) is 2.65. The number of hydrogen-bond acceptors (Lipinski definition) is 2. The zero-order valence-electron chi connectivity index (χ0n) is 11.7. The van der Waals surface area contributed by atoms with Gasteiger partial charge in [0.1, 0.15) is 0 Å². The number of nitrogens with zero attached hydrogens (tertiary/aromatic N) is 1. The van der Waals surface area contributed by atoms with Crippen LogP contribution in [0.15, 0.2) is 18.2 Å². The van der Waals surface area contributed by atoms with Crippen LogP contribution in [0.3, 0.4) is 0 Å². The second kappa shape index (κ2) is 6.44. The molecule has 0 bridgehead atoms. The molecular formula is C15H19ClFNO2. The summed E-state index contributed by atoms with van der Waals surface area (Å²) in [5, 5.41) is -0.0138. The van der Waals surface area contributed by atoms with Gasteiger partial charge in [-0.1, -0.05) is 12.8 Å². The van der Waals surface area contributed by atoms with Crippen LogP contribution < -0.4 is 4.74 Å². The maximum atomic E-state index is 13.4. The van der Waals surface area contributed by atoms with E-state index < -0.39 is 5.82 Å². The first-order valence-corrected chi connectivity index (χ1v) is 7.23. The number of amides is 1. The summed E-state index contributed by atoms with van der Waals surface area (Å²) in [5.41, 5.74) is 0.417. The maximum Gasteiger partial charge on any atom is 0.254 e. The zero-order valence-corrected chi connectivity index (χ0v) is 12.5. The minimum atomic E-state index is -0.473. The van der Waals surface area contributed by atoms with Crippen LogP contribution in [0, 0.1) is 5.82 Å². The van der Waals surface area contributed by atoms with Crippen molar-refractivity contribution in [1.82, 2.24) is 4.90 Å². The lowest BCUT2D eigenvalue weighted by Gasteiger charge is -2.35. The zero-order chi connectivity index (χ0) is 14.7. The number of ether oxygens (including phenoxy) is 1. The molecular weight excluding hydrogens is 281 g/mol. The molecule has 2 atom stereocenters. The Labute approximate surface area is 123 Å². The molecule has 1 aromatic rings. The fraction of sp³-hybridized carbons (Fsp3) is 0.533. The largest absolute Gasteiger partial charge is 0.494 e. The Hall–Kier alpha value is -1.29. The molecule has 1 aliphatic rings. The third-order valence-corrected chi connectivity index (χ3v) is 4.37. The molecule has 1 fully saturated rings. The summed E-state index contributed by atoms with van der Waals surface area (Å²) in [4.78, 5) is 14.1. The number of carbonyl (C=O) groups is 1. The SMILES string of the molecule is COc1cc(C(=O)N(C)C2CCCCC2Cl)ccc1F. The topological polar surface area (TPSA) is 29.5 Å². The van der Waals surface area contributed by atoms with Crippen LogP contribution in [0.2, 0.25) is 0 Å². The normalized spacial score (nSPS) is 22.4. The Kier molecular flexibility index (Phi) is 4.86. The summed E-state index contributed by atoms with van der Waals surface area (Å²) >= 11 is 6.31. The number of alkyl halides is 1. The summed E-state index contributed by atoms with van der Waals surface area (Å²) < 4.78 is 18.3. The number of carbonyl (C=O) groups excluding carboxylic acids is 1. The maximum absolute atomic E-state index is 13.4. The first-order chi connectivity index (χ1) is 9.54. The Morgan fingerprint density at radius 3 is 2.75 bits per heavy atom. The van der Waals surface area contributed by atoms with Crippen LogP contribution in [0.25, 0.3) is 0 Å². The van der Waals surface area contributed by atoms with Crippen LogP contribution >= 0.6 is 11.6 Å². The summed E-state index contributed by atoms with van der Waals surface area (Å²) in [6.45, 7) is 0. The molecule has 0 aromatic heterocycles. The lowest BCUT2D eigenvalue weighted by molar-refractivity contribution is 0.0700. The Morgan fingerprint density at radius 2 is 2.10 bits per heavy atom. The predicted octanol–water partition coefficient (Wildman–Crippen LogP) is 3.46. The first kappa shape index (κ1) is 15.1. The lowest BCUT2D eigenvalue weighted by atomic mass is 9.93. The van der Waals surface area contributed by atoms with Crippen molar-refractivity contribution in [2.45, 2.75) is 37.1 Å². The van der Waals surface area contributed by atoms with E-state index in [1.54, 1.807) is 11.9 Å². The summed E-state index contributed by atoms with van der Waals surface area (Å²) in [5.74, 6) is -0.546. The van der Waals surface area contributed by atoms with Crippen LogP contribution in [-0.4, -0.2) is 36.4 Å². The highest BCUT2D eigenvalue weighted by molar-refractivity contribution is 6.21. The van der Waals surface area contributed by atoms with Gasteiger partial charge in [-0.05, 0) is 31.0 Å². The smallest absolute Gasteiger partial charge is 0.254 e. The lowest BCUT2D eigenvalue weighted by Crippen LogP contribution is -2.44. The van der Waals surface area contributed by atoms with Gasteiger partial charge in [0, 0.05) is 18.7 Å². The Balaban J connectivity index is 2.17. The van der Waals surface area contributed by atoms with Crippen molar-refractivity contribution >= 4 is 17.5 Å². The molecule has 20 heavy (non-hydrogen) atoms. The molecule has 1 aromatic carbocycles. The van der Waals surface area contributed by atoms with Gasteiger partial charge < -0.3 is 9.64 Å². The average molecular weight is 300 g/mol. The average Bonchev–Trinajstić information content (AvgIpc) is 2.47. The van der Waals surface area contributed by atoms with Gasteiger partial charge in [0.05, 0.1) is 12.5 Å². The van der Waals surface area contributed by atoms with Crippen molar-refractivity contribution in [3.05, 3.63) is 29.6 Å². The molecule has 0 spiro atoms. The predicted molar refractivity (Wildman–Crippen MR) is 76.9 cm³/mol. The number of benzene rings is 1. The van der Waals surface area contributed by atoms with Crippen molar-refractivity contribution < 1.29 is 13.9 Å². The minimum Gasteiger partial charge on any atom is -0.494 e. The summed E-state index contributed by atoms with van der Waals surface area (Å²) in [6, 6.07) is 4.19. The van der Waals surface area contributed by atoms with E-state index in [9.17, 15) is 9.18 Å². The van der Waals surface area contributed by atoms with Gasteiger partial charge in [0.15, 0.2) is 11.6 Å². The molecule has 0 saturated heterocycles. The molecule has 3 nitrogen and oxygen atoms in total. The highest BCUT2D eigenvalue weighted by atomic mass is 35.5. The van der Waals surface area contributed by atoms with Crippen LogP contribution in [-0.2, 0) is 0 Å². The van der Waals surface area contributed by atoms with E-state index in [0.717, 1.165) is 25.7 Å². The molecule has 0 radical (unpaired) electrons. The van der Waals surface area contributed by atoms with E-state index >= 15 is 0 Å². The van der Waals surface area contributed by atoms with Gasteiger partial charge in [-0.3, -0.25) is 4.79 Å². The minimum absolute atomic E-state index is 0.0138. The van der Waals surface area contributed by atoms with E-state index in [4.69, 9.17) is 16.3 Å². The molecule has 110 valence electrons. The van der Waals surface area contributed by atoms with Gasteiger partial charge >= 0.3 is 0 Å². The highest BCUT2D eigenvalue weighted by Crippen LogP contribution is 2.28. The van der Waals surface area contributed by atoms with Crippen molar-refractivity contribution in [3.63, 3.8) is 0 Å². The number of hydrogen-bond donors (Lipinski definition) is 0. The van der Waals surface area contributed by atoms with Crippen molar-refractivity contribution in [1.29, 1.82) is 0 Å². The molecule has 2 unspecified atom stereocenters. The highest BCUT2D eigenvalue weighted by Gasteiger charge is 2.30. The molecule has 1 amide bonds. The fourth-order valence-corrected chi connectivity index (χ4v) is 3.10. The monoisotopic (exact) mass is 299 g/mol. The molecule has 1 aliphatic carbocycles. The number of halogens is 2. The molecule has 5 heteroatoms. The van der Waals surface area contributed by atoms with Gasteiger partial charge in [-0.2, -0.15) is 0 Å². The molecule has 0 aliphatic heterocycles. The van der Waals surface area contributed by atoms with Crippen LogP contribution in [0.1, 0.15) is 36.0 Å². The standard InChI is InChI=1S/C15H19ClFNO2/c1-18(13-6-4-3-5-11(13)16)15(19)10-7-8-12(17)14(9-10)20-2/h7-9,11,13H,3-6H2,1-2H3. The molecule has 0 heterocycles. The summed E-state index contributed by atoms with van der Waals surface area (Å²) in [6.07, 6.45) is 4.03. The Morgan fingerprint density at radius 1 is 1.40 bits per heavy atom. The third-order valence-electron chi connectivity index (χ3n) is 3.86. The van der Waals surface area contributed by atoms with E-state index in [1.165, 1.54) is 25.3 Å². The molecule has 0 N–H and O–H groups in total. The van der Waals surface area contributed by atoms with Gasteiger partial charge in [0.25, 0.3) is 5.91 Å². The molecule has 2 rings (SSSR count). The second-order valence-corrected chi connectivity index (χ2v) is 5.69. The van der Waals surface area contributed by atoms with Crippen molar-refractivity contribution in [2.75, 3.05) is 14.2 Å². The van der Waals surface area contributed by atoms with Gasteiger partial charge in [-0.25, -0.2) is 4.39 Å². The van der Waals surface area contributed by atoms with Gasteiger partial charge in [0.2, 0.25) is 0 Å². The van der Waals surface area contributed by atoms with E-state index in [0.29, 0.717) is 5.56 Å². The van der Waals surface area contributed by atoms with Crippen LogP contribution in [0.4, 0.5) is 4.39 Å².